The van der Waals surface area contributed by atoms with Gasteiger partial charge in [-0.25, -0.2) is 4.39 Å². The lowest BCUT2D eigenvalue weighted by atomic mass is 10.0. The molecule has 0 radical (unpaired) electrons. The molecule has 0 saturated carbocycles. The van der Waals surface area contributed by atoms with Gasteiger partial charge in [0.25, 0.3) is 5.91 Å². The minimum Gasteiger partial charge on any atom is -0.341 e. The third kappa shape index (κ3) is 5.57. The van der Waals surface area contributed by atoms with E-state index in [4.69, 9.17) is 11.6 Å². The van der Waals surface area contributed by atoms with Gasteiger partial charge in [-0.15, -0.1) is 0 Å². The van der Waals surface area contributed by atoms with Crippen LogP contribution in [0, 0.1) is 11.7 Å². The maximum absolute atomic E-state index is 13.3. The molecule has 1 unspecified atom stereocenters. The van der Waals surface area contributed by atoms with Crippen molar-refractivity contribution in [1.29, 1.82) is 0 Å². The second-order valence-electron chi connectivity index (χ2n) is 6.13. The number of anilines is 1. The summed E-state index contributed by atoms with van der Waals surface area (Å²) in [5.74, 6) is -1.03. The smallest absolute Gasteiger partial charge is 0.251 e. The second-order valence-corrected chi connectivity index (χ2v) is 6.53. The van der Waals surface area contributed by atoms with Crippen LogP contribution in [0.3, 0.4) is 0 Å². The van der Waals surface area contributed by atoms with Gasteiger partial charge in [0.2, 0.25) is 5.91 Å². The Kier molecular flexibility index (Phi) is 6.53. The van der Waals surface area contributed by atoms with Crippen LogP contribution in [-0.4, -0.2) is 11.8 Å². The first-order valence-corrected chi connectivity index (χ1v) is 8.35. The summed E-state index contributed by atoms with van der Waals surface area (Å²) in [6.07, 6.45) is 0.318. The van der Waals surface area contributed by atoms with Crippen molar-refractivity contribution in [2.45, 2.75) is 26.3 Å². The number of halogens is 2. The first-order valence-electron chi connectivity index (χ1n) is 7.97. The Morgan fingerprint density at radius 2 is 1.80 bits per heavy atom. The van der Waals surface area contributed by atoms with Gasteiger partial charge >= 0.3 is 0 Å². The highest BCUT2D eigenvalue weighted by molar-refractivity contribution is 6.31. The average molecular weight is 363 g/mol. The van der Waals surface area contributed by atoms with Gasteiger partial charge in [-0.2, -0.15) is 0 Å². The van der Waals surface area contributed by atoms with Crippen molar-refractivity contribution in [3.8, 4) is 0 Å². The normalized spacial score (nSPS) is 11.9. The predicted molar refractivity (Wildman–Crippen MR) is 96.8 cm³/mol. The van der Waals surface area contributed by atoms with Gasteiger partial charge in [-0.3, -0.25) is 9.59 Å². The van der Waals surface area contributed by atoms with Crippen molar-refractivity contribution in [3.05, 3.63) is 64.9 Å². The molecular weight excluding hydrogens is 343 g/mol. The molecule has 0 fully saturated rings. The second kappa shape index (κ2) is 8.62. The van der Waals surface area contributed by atoms with Crippen LogP contribution in [0.25, 0.3) is 0 Å². The molecule has 1 atom stereocenters. The first kappa shape index (κ1) is 18.9. The molecule has 4 nitrogen and oxygen atoms in total. The number of hydrogen-bond acceptors (Lipinski definition) is 2. The zero-order valence-corrected chi connectivity index (χ0v) is 14.8. The van der Waals surface area contributed by atoms with E-state index in [0.29, 0.717) is 17.7 Å². The highest BCUT2D eigenvalue weighted by Crippen LogP contribution is 2.21. The maximum Gasteiger partial charge on any atom is 0.251 e. The Labute approximate surface area is 151 Å². The van der Waals surface area contributed by atoms with E-state index in [-0.39, 0.29) is 16.8 Å². The van der Waals surface area contributed by atoms with Crippen LogP contribution in [0.15, 0.2) is 48.5 Å². The lowest BCUT2D eigenvalue weighted by Crippen LogP contribution is -2.37. The summed E-state index contributed by atoms with van der Waals surface area (Å²) in [5, 5.41) is 5.33. The molecular formula is C19H20ClFN2O2. The van der Waals surface area contributed by atoms with E-state index in [2.05, 4.69) is 10.6 Å². The molecule has 132 valence electrons. The van der Waals surface area contributed by atoms with Gasteiger partial charge in [0.1, 0.15) is 11.9 Å². The van der Waals surface area contributed by atoms with E-state index in [1.165, 1.54) is 18.2 Å². The Morgan fingerprint density at radius 1 is 1.12 bits per heavy atom. The Morgan fingerprint density at radius 3 is 2.40 bits per heavy atom. The number of nitrogens with one attached hydrogen (secondary N) is 2. The number of benzene rings is 2. The lowest BCUT2D eigenvalue weighted by molar-refractivity contribution is -0.127. The van der Waals surface area contributed by atoms with Crippen LogP contribution in [0.4, 0.5) is 10.1 Å². The van der Waals surface area contributed by atoms with Gasteiger partial charge in [0.15, 0.2) is 0 Å². The molecule has 0 aliphatic heterocycles. The fourth-order valence-electron chi connectivity index (χ4n) is 2.32. The molecule has 0 spiro atoms. The fourth-order valence-corrected chi connectivity index (χ4v) is 2.51. The van der Waals surface area contributed by atoms with Crippen molar-refractivity contribution < 1.29 is 14.0 Å². The predicted octanol–water partition coefficient (Wildman–Crippen LogP) is 4.32. The van der Waals surface area contributed by atoms with E-state index in [0.717, 1.165) is 0 Å². The molecule has 0 aliphatic rings. The topological polar surface area (TPSA) is 58.2 Å². The van der Waals surface area contributed by atoms with E-state index < -0.39 is 17.8 Å². The van der Waals surface area contributed by atoms with E-state index in [9.17, 15) is 14.0 Å². The summed E-state index contributed by atoms with van der Waals surface area (Å²) >= 11 is 5.74. The van der Waals surface area contributed by atoms with Crippen LogP contribution in [-0.2, 0) is 9.59 Å². The maximum atomic E-state index is 13.3. The monoisotopic (exact) mass is 362 g/mol. The molecule has 0 heterocycles. The first-order chi connectivity index (χ1) is 11.9. The van der Waals surface area contributed by atoms with Crippen molar-refractivity contribution >= 4 is 29.1 Å². The summed E-state index contributed by atoms with van der Waals surface area (Å²) < 4.78 is 13.3. The van der Waals surface area contributed by atoms with Crippen LogP contribution in [0.2, 0.25) is 5.02 Å². The number of hydrogen-bond donors (Lipinski definition) is 2. The zero-order chi connectivity index (χ0) is 18.4. The van der Waals surface area contributed by atoms with E-state index in [1.54, 1.807) is 24.3 Å². The SMILES string of the molecule is CC(C)CC(=O)NC(C(=O)Nc1ccc(F)c(Cl)c1)c1ccccc1. The van der Waals surface area contributed by atoms with Gasteiger partial charge in [-0.05, 0) is 29.7 Å². The standard InChI is InChI=1S/C19H20ClFN2O2/c1-12(2)10-17(24)23-18(13-6-4-3-5-7-13)19(25)22-14-8-9-16(21)15(20)11-14/h3-9,11-12,18H,10H2,1-2H3,(H,22,25)(H,23,24). The molecule has 2 aromatic rings. The molecule has 2 amide bonds. The summed E-state index contributed by atoms with van der Waals surface area (Å²) in [7, 11) is 0. The highest BCUT2D eigenvalue weighted by atomic mass is 35.5. The minimum absolute atomic E-state index is 0.0853. The quantitative estimate of drug-likeness (QED) is 0.804. The van der Waals surface area contributed by atoms with Crippen LogP contribution in [0.1, 0.15) is 31.9 Å². The van der Waals surface area contributed by atoms with Crippen LogP contribution in [0.5, 0.6) is 0 Å². The minimum atomic E-state index is -0.851. The van der Waals surface area contributed by atoms with Crippen LogP contribution >= 0.6 is 11.6 Å². The van der Waals surface area contributed by atoms with Gasteiger partial charge < -0.3 is 10.6 Å². The van der Waals surface area contributed by atoms with Crippen molar-refractivity contribution in [1.82, 2.24) is 5.32 Å². The van der Waals surface area contributed by atoms with Crippen molar-refractivity contribution in [2.24, 2.45) is 5.92 Å². The molecule has 0 bridgehead atoms. The Hall–Kier alpha value is -2.40. The van der Waals surface area contributed by atoms with Crippen molar-refractivity contribution in [3.63, 3.8) is 0 Å². The molecule has 0 aromatic heterocycles. The van der Waals surface area contributed by atoms with E-state index in [1.807, 2.05) is 19.9 Å². The number of amides is 2. The lowest BCUT2D eigenvalue weighted by Gasteiger charge is -2.19. The Balaban J connectivity index is 2.20. The number of carbonyl (C=O) groups excluding carboxylic acids is 2. The molecule has 2 aromatic carbocycles. The van der Waals surface area contributed by atoms with Gasteiger partial charge in [0.05, 0.1) is 5.02 Å². The Bertz CT molecular complexity index is 750. The third-order valence-electron chi connectivity index (χ3n) is 3.48. The molecule has 6 heteroatoms. The molecule has 2 N–H and O–H groups in total. The van der Waals surface area contributed by atoms with Gasteiger partial charge in [-0.1, -0.05) is 55.8 Å². The fraction of sp³-hybridized carbons (Fsp3) is 0.263. The number of rotatable bonds is 6. The summed E-state index contributed by atoms with van der Waals surface area (Å²) in [6, 6.07) is 12.0. The average Bonchev–Trinajstić information content (AvgIpc) is 2.56. The molecule has 0 aliphatic carbocycles. The third-order valence-corrected chi connectivity index (χ3v) is 3.77. The summed E-state index contributed by atoms with van der Waals surface area (Å²) in [4.78, 5) is 24.8. The van der Waals surface area contributed by atoms with Crippen LogP contribution < -0.4 is 10.6 Å². The van der Waals surface area contributed by atoms with Crippen molar-refractivity contribution in [2.75, 3.05) is 5.32 Å². The molecule has 2 rings (SSSR count). The van der Waals surface area contributed by atoms with Gasteiger partial charge in [0, 0.05) is 12.1 Å². The summed E-state index contributed by atoms with van der Waals surface area (Å²) in [6.45, 7) is 3.86. The largest absolute Gasteiger partial charge is 0.341 e. The molecule has 25 heavy (non-hydrogen) atoms. The van der Waals surface area contributed by atoms with E-state index >= 15 is 0 Å². The summed E-state index contributed by atoms with van der Waals surface area (Å²) in [5.41, 5.74) is 1.01. The highest BCUT2D eigenvalue weighted by Gasteiger charge is 2.23. The molecule has 0 saturated heterocycles. The zero-order valence-electron chi connectivity index (χ0n) is 14.1. The number of carbonyl (C=O) groups is 2.